The number of alkyl carbamates (subject to hydrolysis) is 1. The molecule has 0 heterocycles. The van der Waals surface area contributed by atoms with Crippen molar-refractivity contribution in [3.8, 4) is 0 Å². The number of ether oxygens (including phenoxy) is 1. The summed E-state index contributed by atoms with van der Waals surface area (Å²) in [5.74, 6) is -1.86. The molecule has 6 heteroatoms. The van der Waals surface area contributed by atoms with Gasteiger partial charge in [0.05, 0.1) is 5.92 Å². The van der Waals surface area contributed by atoms with E-state index < -0.39 is 29.6 Å². The Bertz CT molecular complexity index is 358. The molecule has 0 aromatic heterocycles. The summed E-state index contributed by atoms with van der Waals surface area (Å²) in [6, 6.07) is -0.456. The zero-order chi connectivity index (χ0) is 13.9. The fourth-order valence-electron chi connectivity index (χ4n) is 1.92. The number of Topliss-reactive ketones (excluding diaryl/α,β-unsaturated/α-hetero) is 1. The Morgan fingerprint density at radius 2 is 1.94 bits per heavy atom. The number of rotatable bonds is 2. The minimum atomic E-state index is -1.00. The van der Waals surface area contributed by atoms with Gasteiger partial charge in [-0.2, -0.15) is 0 Å². The van der Waals surface area contributed by atoms with Crippen LogP contribution in [0.2, 0.25) is 0 Å². The molecule has 1 saturated carbocycles. The third-order valence-electron chi connectivity index (χ3n) is 2.59. The molecule has 1 aliphatic carbocycles. The number of nitrogens with one attached hydrogen (secondary N) is 1. The molecule has 2 N–H and O–H groups in total. The van der Waals surface area contributed by atoms with Gasteiger partial charge in [0.2, 0.25) is 0 Å². The SMILES string of the molecule is CC(C)(C)OC(=O)N[C@H]1CC(=O)C[C@@H](C(=O)O)C1. The Balaban J connectivity index is 2.54. The van der Waals surface area contributed by atoms with Crippen molar-refractivity contribution in [3.05, 3.63) is 0 Å². The normalized spacial score (nSPS) is 24.5. The predicted molar refractivity (Wildman–Crippen MR) is 63.1 cm³/mol. The fourth-order valence-corrected chi connectivity index (χ4v) is 1.92. The molecule has 1 rings (SSSR count). The van der Waals surface area contributed by atoms with Crippen LogP contribution < -0.4 is 5.32 Å². The predicted octanol–water partition coefficient (Wildman–Crippen LogP) is 1.33. The average molecular weight is 257 g/mol. The number of carbonyl (C=O) groups is 3. The van der Waals surface area contributed by atoms with Crippen molar-refractivity contribution in [2.45, 2.75) is 51.7 Å². The van der Waals surface area contributed by atoms with Crippen molar-refractivity contribution >= 4 is 17.8 Å². The minimum Gasteiger partial charge on any atom is -0.481 e. The first-order chi connectivity index (χ1) is 8.17. The van der Waals surface area contributed by atoms with E-state index in [4.69, 9.17) is 9.84 Å². The van der Waals surface area contributed by atoms with Crippen molar-refractivity contribution in [1.29, 1.82) is 0 Å². The quantitative estimate of drug-likeness (QED) is 0.778. The van der Waals surface area contributed by atoms with Crippen molar-refractivity contribution in [2.75, 3.05) is 0 Å². The summed E-state index contributed by atoms with van der Waals surface area (Å²) in [5.41, 5.74) is -0.616. The lowest BCUT2D eigenvalue weighted by Gasteiger charge is -2.28. The van der Waals surface area contributed by atoms with E-state index in [-0.39, 0.29) is 25.0 Å². The molecule has 0 bridgehead atoms. The van der Waals surface area contributed by atoms with Gasteiger partial charge in [0.1, 0.15) is 11.4 Å². The van der Waals surface area contributed by atoms with E-state index in [0.717, 1.165) is 0 Å². The van der Waals surface area contributed by atoms with E-state index in [9.17, 15) is 14.4 Å². The number of carboxylic acids is 1. The molecule has 2 atom stereocenters. The van der Waals surface area contributed by atoms with E-state index in [1.807, 2.05) is 0 Å². The largest absolute Gasteiger partial charge is 0.481 e. The molecule has 18 heavy (non-hydrogen) atoms. The molecule has 1 aliphatic rings. The number of hydrogen-bond acceptors (Lipinski definition) is 4. The maximum atomic E-state index is 11.5. The maximum absolute atomic E-state index is 11.5. The third kappa shape index (κ3) is 4.73. The summed E-state index contributed by atoms with van der Waals surface area (Å²) < 4.78 is 5.06. The smallest absolute Gasteiger partial charge is 0.407 e. The summed E-state index contributed by atoms with van der Waals surface area (Å²) in [6.07, 6.45) is -0.142. The maximum Gasteiger partial charge on any atom is 0.407 e. The summed E-state index contributed by atoms with van der Waals surface area (Å²) in [6.45, 7) is 5.20. The van der Waals surface area contributed by atoms with E-state index in [1.54, 1.807) is 20.8 Å². The van der Waals surface area contributed by atoms with E-state index in [0.29, 0.717) is 0 Å². The lowest BCUT2D eigenvalue weighted by Crippen LogP contribution is -2.44. The van der Waals surface area contributed by atoms with Gasteiger partial charge in [-0.3, -0.25) is 9.59 Å². The Morgan fingerprint density at radius 1 is 1.33 bits per heavy atom. The van der Waals surface area contributed by atoms with Crippen molar-refractivity contribution in [3.63, 3.8) is 0 Å². The molecular weight excluding hydrogens is 238 g/mol. The zero-order valence-corrected chi connectivity index (χ0v) is 10.9. The summed E-state index contributed by atoms with van der Waals surface area (Å²) >= 11 is 0. The molecule has 6 nitrogen and oxygen atoms in total. The lowest BCUT2D eigenvalue weighted by atomic mass is 9.85. The highest BCUT2D eigenvalue weighted by molar-refractivity contribution is 5.86. The van der Waals surface area contributed by atoms with Crippen LogP contribution in [0.3, 0.4) is 0 Å². The summed E-state index contributed by atoms with van der Waals surface area (Å²) in [5, 5.41) is 11.4. The molecule has 102 valence electrons. The molecule has 0 aliphatic heterocycles. The second-order valence-corrected chi connectivity index (χ2v) is 5.56. The monoisotopic (exact) mass is 257 g/mol. The van der Waals surface area contributed by atoms with Gasteiger partial charge < -0.3 is 15.2 Å². The molecule has 0 unspecified atom stereocenters. The summed E-state index contributed by atoms with van der Waals surface area (Å²) in [7, 11) is 0. The number of amides is 1. The first-order valence-corrected chi connectivity index (χ1v) is 5.91. The van der Waals surface area contributed by atoms with Crippen LogP contribution in [0.4, 0.5) is 4.79 Å². The van der Waals surface area contributed by atoms with Gasteiger partial charge in [-0.25, -0.2) is 4.79 Å². The van der Waals surface area contributed by atoms with E-state index >= 15 is 0 Å². The van der Waals surface area contributed by atoms with E-state index in [2.05, 4.69) is 5.32 Å². The number of ketones is 1. The van der Waals surface area contributed by atoms with Gasteiger partial charge in [-0.05, 0) is 27.2 Å². The van der Waals surface area contributed by atoms with Gasteiger partial charge in [0.25, 0.3) is 0 Å². The highest BCUT2D eigenvalue weighted by Gasteiger charge is 2.33. The Morgan fingerprint density at radius 3 is 2.44 bits per heavy atom. The molecular formula is C12H19NO5. The first kappa shape index (κ1) is 14.5. The number of carbonyl (C=O) groups excluding carboxylic acids is 2. The van der Waals surface area contributed by atoms with Crippen molar-refractivity contribution in [1.82, 2.24) is 5.32 Å². The zero-order valence-electron chi connectivity index (χ0n) is 10.9. The summed E-state index contributed by atoms with van der Waals surface area (Å²) in [4.78, 5) is 33.8. The number of carboxylic acid groups (broad SMARTS) is 1. The molecule has 0 aromatic rings. The molecule has 0 radical (unpaired) electrons. The molecule has 1 fully saturated rings. The van der Waals surface area contributed by atoms with Crippen LogP contribution in [0.5, 0.6) is 0 Å². The van der Waals surface area contributed by atoms with E-state index in [1.165, 1.54) is 0 Å². The van der Waals surface area contributed by atoms with Gasteiger partial charge >= 0.3 is 12.1 Å². The van der Waals surface area contributed by atoms with Crippen LogP contribution in [0.1, 0.15) is 40.0 Å². The van der Waals surface area contributed by atoms with Gasteiger partial charge in [-0.1, -0.05) is 0 Å². The minimum absolute atomic E-state index is 0.0435. The Hall–Kier alpha value is -1.59. The fraction of sp³-hybridized carbons (Fsp3) is 0.750. The Kier molecular flexibility index (Phi) is 4.32. The van der Waals surface area contributed by atoms with Crippen LogP contribution in [0.25, 0.3) is 0 Å². The number of hydrogen-bond donors (Lipinski definition) is 2. The average Bonchev–Trinajstić information content (AvgIpc) is 2.12. The van der Waals surface area contributed by atoms with Crippen LogP contribution >= 0.6 is 0 Å². The highest BCUT2D eigenvalue weighted by atomic mass is 16.6. The highest BCUT2D eigenvalue weighted by Crippen LogP contribution is 2.22. The topological polar surface area (TPSA) is 92.7 Å². The first-order valence-electron chi connectivity index (χ1n) is 5.91. The number of aliphatic carboxylic acids is 1. The van der Waals surface area contributed by atoms with Gasteiger partial charge in [-0.15, -0.1) is 0 Å². The van der Waals surface area contributed by atoms with Gasteiger partial charge in [0, 0.05) is 18.9 Å². The van der Waals surface area contributed by atoms with Crippen molar-refractivity contribution in [2.24, 2.45) is 5.92 Å². The molecule has 1 amide bonds. The van der Waals surface area contributed by atoms with Crippen LogP contribution in [0.15, 0.2) is 0 Å². The Labute approximate surface area is 106 Å². The third-order valence-corrected chi connectivity index (χ3v) is 2.59. The van der Waals surface area contributed by atoms with Crippen LogP contribution in [-0.4, -0.2) is 34.6 Å². The van der Waals surface area contributed by atoms with Crippen LogP contribution in [-0.2, 0) is 14.3 Å². The second kappa shape index (κ2) is 5.37. The van der Waals surface area contributed by atoms with Crippen molar-refractivity contribution < 1.29 is 24.2 Å². The molecule has 0 spiro atoms. The standard InChI is InChI=1S/C12H19NO5/c1-12(2,3)18-11(17)13-8-4-7(10(15)16)5-9(14)6-8/h7-8H,4-6H2,1-3H3,(H,13,17)(H,15,16)/t7-,8+/m0/s1. The second-order valence-electron chi connectivity index (χ2n) is 5.56. The molecule has 0 aromatic carbocycles. The lowest BCUT2D eigenvalue weighted by molar-refractivity contribution is -0.145. The van der Waals surface area contributed by atoms with Crippen LogP contribution in [0, 0.1) is 5.92 Å². The van der Waals surface area contributed by atoms with Gasteiger partial charge in [0.15, 0.2) is 0 Å². The molecule has 0 saturated heterocycles.